The molecule has 0 aliphatic heterocycles. The third-order valence-electron chi connectivity index (χ3n) is 5.81. The van der Waals surface area contributed by atoms with Crippen molar-refractivity contribution in [1.29, 1.82) is 5.26 Å². The molecule has 0 aromatic heterocycles. The molecular weight excluding hydrogens is 374 g/mol. The van der Waals surface area contributed by atoms with Gasteiger partial charge in [-0.15, -0.1) is 0 Å². The van der Waals surface area contributed by atoms with E-state index in [0.29, 0.717) is 26.2 Å². The Morgan fingerprint density at radius 3 is 1.87 bits per heavy atom. The monoisotopic (exact) mass is 417 g/mol. The average molecular weight is 418 g/mol. The largest absolute Gasteiger partial charge is 0.327 e. The average Bonchev–Trinajstić information content (AvgIpc) is 2.75. The van der Waals surface area contributed by atoms with Crippen molar-refractivity contribution in [3.63, 3.8) is 0 Å². The van der Waals surface area contributed by atoms with Gasteiger partial charge in [0, 0.05) is 26.2 Å². The summed E-state index contributed by atoms with van der Waals surface area (Å²) in [5, 5.41) is 9.82. The maximum Gasteiger partial charge on any atom is 0.289 e. The summed E-state index contributed by atoms with van der Waals surface area (Å²) in [7, 11) is 0. The van der Waals surface area contributed by atoms with Crippen LogP contribution in [0.1, 0.15) is 91.0 Å². The third kappa shape index (κ3) is 8.02. The number of hydrogen-bond acceptors (Lipinski definition) is 4. The molecule has 0 aliphatic carbocycles. The van der Waals surface area contributed by atoms with Crippen LogP contribution in [-0.2, 0) is 20.6 Å². The van der Waals surface area contributed by atoms with Crippen molar-refractivity contribution in [3.05, 3.63) is 35.9 Å². The number of ether oxygens (including phenoxy) is 3. The van der Waals surface area contributed by atoms with Gasteiger partial charge in [0.05, 0.1) is 11.5 Å². The van der Waals surface area contributed by atoms with E-state index < -0.39 is 11.4 Å². The zero-order chi connectivity index (χ0) is 22.1. The molecule has 1 unspecified atom stereocenters. The number of rotatable bonds is 18. The highest BCUT2D eigenvalue weighted by molar-refractivity contribution is 5.15. The van der Waals surface area contributed by atoms with Crippen molar-refractivity contribution in [1.82, 2.24) is 0 Å². The van der Waals surface area contributed by atoms with Gasteiger partial charge in [0.15, 0.2) is 0 Å². The maximum absolute atomic E-state index is 9.82. The molecule has 0 radical (unpaired) electrons. The molecule has 1 atom stereocenters. The summed E-state index contributed by atoms with van der Waals surface area (Å²) in [5.74, 6) is -1.18. The number of aryl methyl sites for hydroxylation is 1. The molecule has 0 spiro atoms. The lowest BCUT2D eigenvalue weighted by Crippen LogP contribution is -2.55. The molecule has 0 aliphatic rings. The second kappa shape index (κ2) is 15.4. The van der Waals surface area contributed by atoms with Crippen molar-refractivity contribution in [2.75, 3.05) is 19.8 Å². The highest BCUT2D eigenvalue weighted by Crippen LogP contribution is 2.48. The standard InChI is InChI=1S/C26H43NO3/c1-5-9-10-11-12-16-20-25(22-23-27,21-19-24-17-14-13-15-18-24)26(28-6-2,29-7-3)30-8-4/h13-15,17-18H,5-12,16,19-22H2,1-4H3. The first-order valence-corrected chi connectivity index (χ1v) is 12.0. The first kappa shape index (κ1) is 26.6. The van der Waals surface area contributed by atoms with E-state index in [1.807, 2.05) is 26.8 Å². The van der Waals surface area contributed by atoms with Gasteiger partial charge in [0.25, 0.3) is 5.97 Å². The number of nitriles is 1. The minimum atomic E-state index is -1.18. The second-order valence-electron chi connectivity index (χ2n) is 7.97. The van der Waals surface area contributed by atoms with Gasteiger partial charge in [-0.05, 0) is 45.6 Å². The molecule has 4 heteroatoms. The Labute approximate surface area is 184 Å². The van der Waals surface area contributed by atoms with Crippen LogP contribution in [0.5, 0.6) is 0 Å². The lowest BCUT2D eigenvalue weighted by atomic mass is 9.72. The fourth-order valence-electron chi connectivity index (χ4n) is 4.29. The van der Waals surface area contributed by atoms with E-state index in [1.165, 1.54) is 37.7 Å². The van der Waals surface area contributed by atoms with Crippen molar-refractivity contribution < 1.29 is 14.2 Å². The van der Waals surface area contributed by atoms with Crippen LogP contribution in [0.4, 0.5) is 0 Å². The summed E-state index contributed by atoms with van der Waals surface area (Å²) in [6, 6.07) is 12.9. The van der Waals surface area contributed by atoms with Gasteiger partial charge in [-0.25, -0.2) is 0 Å². The Kier molecular flexibility index (Phi) is 13.7. The zero-order valence-electron chi connectivity index (χ0n) is 19.8. The van der Waals surface area contributed by atoms with Crippen molar-refractivity contribution in [2.24, 2.45) is 5.41 Å². The van der Waals surface area contributed by atoms with E-state index in [9.17, 15) is 5.26 Å². The normalized spacial score (nSPS) is 13.7. The van der Waals surface area contributed by atoms with Gasteiger partial charge in [-0.2, -0.15) is 5.26 Å². The molecule has 0 saturated heterocycles. The fourth-order valence-corrected chi connectivity index (χ4v) is 4.29. The smallest absolute Gasteiger partial charge is 0.289 e. The van der Waals surface area contributed by atoms with Gasteiger partial charge in [-0.1, -0.05) is 75.8 Å². The summed E-state index contributed by atoms with van der Waals surface area (Å²) < 4.78 is 18.7. The molecule has 1 aromatic rings. The van der Waals surface area contributed by atoms with E-state index in [-0.39, 0.29) is 0 Å². The first-order chi connectivity index (χ1) is 14.6. The molecule has 1 rings (SSSR count). The van der Waals surface area contributed by atoms with E-state index in [4.69, 9.17) is 14.2 Å². The van der Waals surface area contributed by atoms with Crippen LogP contribution >= 0.6 is 0 Å². The van der Waals surface area contributed by atoms with Crippen molar-refractivity contribution >= 4 is 0 Å². The van der Waals surface area contributed by atoms with Crippen LogP contribution in [0.25, 0.3) is 0 Å². The molecule has 0 fully saturated rings. The molecule has 0 N–H and O–H groups in total. The Hall–Kier alpha value is -1.41. The summed E-state index contributed by atoms with van der Waals surface area (Å²) >= 11 is 0. The maximum atomic E-state index is 9.82. The number of unbranched alkanes of at least 4 members (excludes halogenated alkanes) is 5. The molecule has 0 amide bonds. The molecule has 0 saturated carbocycles. The molecule has 4 nitrogen and oxygen atoms in total. The van der Waals surface area contributed by atoms with E-state index in [0.717, 1.165) is 25.7 Å². The molecule has 0 heterocycles. The Morgan fingerprint density at radius 2 is 1.33 bits per heavy atom. The SMILES string of the molecule is CCCCCCCCC(CC#N)(CCc1ccccc1)C(OCC)(OCC)OCC. The molecule has 1 aromatic carbocycles. The minimum absolute atomic E-state index is 0.356. The van der Waals surface area contributed by atoms with Crippen LogP contribution in [0, 0.1) is 16.7 Å². The van der Waals surface area contributed by atoms with Crippen LogP contribution in [-0.4, -0.2) is 25.8 Å². The Balaban J connectivity index is 3.15. The van der Waals surface area contributed by atoms with Crippen molar-refractivity contribution in [3.8, 4) is 6.07 Å². The summed E-state index contributed by atoms with van der Waals surface area (Å²) in [6.45, 7) is 9.57. The Morgan fingerprint density at radius 1 is 0.767 bits per heavy atom. The summed E-state index contributed by atoms with van der Waals surface area (Å²) in [4.78, 5) is 0. The summed E-state index contributed by atoms with van der Waals surface area (Å²) in [6.07, 6.45) is 10.1. The topological polar surface area (TPSA) is 51.5 Å². The summed E-state index contributed by atoms with van der Waals surface area (Å²) in [5.41, 5.74) is 0.755. The van der Waals surface area contributed by atoms with Crippen LogP contribution < -0.4 is 0 Å². The van der Waals surface area contributed by atoms with Gasteiger partial charge in [0.1, 0.15) is 0 Å². The second-order valence-corrected chi connectivity index (χ2v) is 7.97. The quantitative estimate of drug-likeness (QED) is 0.190. The van der Waals surface area contributed by atoms with E-state index >= 15 is 0 Å². The van der Waals surface area contributed by atoms with Gasteiger partial charge >= 0.3 is 0 Å². The molecule has 0 bridgehead atoms. The van der Waals surface area contributed by atoms with Crippen molar-refractivity contribution in [2.45, 2.75) is 97.9 Å². The predicted octanol–water partition coefficient (Wildman–Crippen LogP) is 7.03. The lowest BCUT2D eigenvalue weighted by molar-refractivity contribution is -0.430. The van der Waals surface area contributed by atoms with E-state index in [2.05, 4.69) is 37.3 Å². The van der Waals surface area contributed by atoms with Gasteiger partial charge in [-0.3, -0.25) is 0 Å². The van der Waals surface area contributed by atoms with E-state index in [1.54, 1.807) is 0 Å². The first-order valence-electron chi connectivity index (χ1n) is 12.0. The number of nitrogens with zero attached hydrogens (tertiary/aromatic N) is 1. The third-order valence-corrected chi connectivity index (χ3v) is 5.81. The minimum Gasteiger partial charge on any atom is -0.327 e. The van der Waals surface area contributed by atoms with Crippen LogP contribution in [0.3, 0.4) is 0 Å². The number of benzene rings is 1. The predicted molar refractivity (Wildman–Crippen MR) is 123 cm³/mol. The fraction of sp³-hybridized carbons (Fsp3) is 0.731. The molecule has 170 valence electrons. The zero-order valence-corrected chi connectivity index (χ0v) is 19.8. The van der Waals surface area contributed by atoms with Crippen LogP contribution in [0.2, 0.25) is 0 Å². The van der Waals surface area contributed by atoms with Crippen LogP contribution in [0.15, 0.2) is 30.3 Å². The lowest BCUT2D eigenvalue weighted by Gasteiger charge is -2.48. The Bertz CT molecular complexity index is 567. The highest BCUT2D eigenvalue weighted by Gasteiger charge is 2.54. The highest BCUT2D eigenvalue weighted by atomic mass is 16.9. The van der Waals surface area contributed by atoms with Gasteiger partial charge < -0.3 is 14.2 Å². The van der Waals surface area contributed by atoms with Gasteiger partial charge in [0.2, 0.25) is 0 Å². The molecular formula is C26H43NO3. The molecule has 30 heavy (non-hydrogen) atoms. The number of hydrogen-bond donors (Lipinski definition) is 0.